The highest BCUT2D eigenvalue weighted by molar-refractivity contribution is 5.90. The summed E-state index contributed by atoms with van der Waals surface area (Å²) in [5.41, 5.74) is 2.69. The Hall–Kier alpha value is -3.48. The molecule has 3 heterocycles. The highest BCUT2D eigenvalue weighted by Crippen LogP contribution is 2.33. The van der Waals surface area contributed by atoms with Crippen LogP contribution in [0.15, 0.2) is 61.1 Å². The topological polar surface area (TPSA) is 68.6 Å². The van der Waals surface area contributed by atoms with Gasteiger partial charge in [0.1, 0.15) is 6.04 Å². The molecule has 1 unspecified atom stereocenters. The second-order valence-corrected chi connectivity index (χ2v) is 6.51. The molecule has 0 radical (unpaired) electrons. The lowest BCUT2D eigenvalue weighted by Crippen LogP contribution is -2.44. The lowest BCUT2D eigenvalue weighted by atomic mass is 10.0. The maximum atomic E-state index is 13.2. The molecule has 28 heavy (non-hydrogen) atoms. The first-order valence-corrected chi connectivity index (χ1v) is 9.06. The van der Waals surface area contributed by atoms with Crippen molar-refractivity contribution in [3.63, 3.8) is 0 Å². The summed E-state index contributed by atoms with van der Waals surface area (Å²) in [5, 5.41) is 2.98. The molecule has 1 aliphatic heterocycles. The normalized spacial score (nSPS) is 15.6. The van der Waals surface area contributed by atoms with Crippen molar-refractivity contribution in [1.29, 1.82) is 0 Å². The van der Waals surface area contributed by atoms with Gasteiger partial charge in [-0.25, -0.2) is 4.79 Å². The molecule has 1 aromatic carbocycles. The summed E-state index contributed by atoms with van der Waals surface area (Å²) in [6, 6.07) is 12.9. The molecule has 2 amide bonds. The average molecular weight is 378 g/mol. The predicted octanol–water partition coefficient (Wildman–Crippen LogP) is 3.54. The Bertz CT molecular complexity index is 971. The number of carbonyl (C=O) groups excluding carboxylic acids is 1. The van der Waals surface area contributed by atoms with Crippen LogP contribution in [0.3, 0.4) is 0 Å². The number of ether oxygens (including phenoxy) is 2. The number of benzene rings is 1. The van der Waals surface area contributed by atoms with Crippen LogP contribution in [0.1, 0.15) is 17.3 Å². The van der Waals surface area contributed by atoms with Crippen molar-refractivity contribution in [2.45, 2.75) is 12.6 Å². The van der Waals surface area contributed by atoms with Crippen molar-refractivity contribution < 1.29 is 14.3 Å². The molecule has 1 aliphatic rings. The van der Waals surface area contributed by atoms with E-state index in [1.54, 1.807) is 38.6 Å². The number of fused-ring (bicyclic) bond motifs is 1. The third-order valence-corrected chi connectivity index (χ3v) is 4.93. The minimum absolute atomic E-state index is 0.173. The van der Waals surface area contributed by atoms with E-state index in [2.05, 4.69) is 14.9 Å². The second-order valence-electron chi connectivity index (χ2n) is 6.51. The number of pyridine rings is 1. The number of rotatable bonds is 4. The molecule has 0 saturated carbocycles. The first-order valence-electron chi connectivity index (χ1n) is 9.06. The molecule has 144 valence electrons. The zero-order chi connectivity index (χ0) is 19.5. The number of urea groups is 1. The number of aromatic nitrogens is 2. The van der Waals surface area contributed by atoms with Crippen LogP contribution in [0.25, 0.3) is 0 Å². The molecule has 1 N–H and O–H groups in total. The first kappa shape index (κ1) is 17.9. The number of hydrogen-bond donors (Lipinski definition) is 1. The van der Waals surface area contributed by atoms with Crippen LogP contribution in [-0.2, 0) is 6.54 Å². The Kier molecular flexibility index (Phi) is 4.89. The van der Waals surface area contributed by atoms with Gasteiger partial charge in [0.2, 0.25) is 0 Å². The molecule has 7 nitrogen and oxygen atoms in total. The number of nitrogens with one attached hydrogen (secondary N) is 1. The Morgan fingerprint density at radius 3 is 2.71 bits per heavy atom. The van der Waals surface area contributed by atoms with Gasteiger partial charge in [0.05, 0.1) is 14.2 Å². The number of hydrogen-bond acceptors (Lipinski definition) is 4. The molecule has 1 atom stereocenters. The van der Waals surface area contributed by atoms with Gasteiger partial charge < -0.3 is 24.3 Å². The van der Waals surface area contributed by atoms with E-state index in [-0.39, 0.29) is 12.1 Å². The largest absolute Gasteiger partial charge is 0.493 e. The van der Waals surface area contributed by atoms with Crippen LogP contribution in [0, 0.1) is 0 Å². The highest BCUT2D eigenvalue weighted by Gasteiger charge is 2.32. The lowest BCUT2D eigenvalue weighted by Gasteiger charge is -2.37. The number of anilines is 1. The van der Waals surface area contributed by atoms with Crippen LogP contribution < -0.4 is 14.8 Å². The van der Waals surface area contributed by atoms with Gasteiger partial charge in [0.25, 0.3) is 0 Å². The molecule has 0 spiro atoms. The van der Waals surface area contributed by atoms with Crippen LogP contribution in [-0.4, -0.2) is 41.2 Å². The van der Waals surface area contributed by atoms with Crippen molar-refractivity contribution in [2.75, 3.05) is 26.1 Å². The van der Waals surface area contributed by atoms with E-state index in [9.17, 15) is 4.79 Å². The summed E-state index contributed by atoms with van der Waals surface area (Å²) in [5.74, 6) is 1.18. The van der Waals surface area contributed by atoms with Crippen LogP contribution >= 0.6 is 0 Å². The van der Waals surface area contributed by atoms with E-state index in [4.69, 9.17) is 9.47 Å². The molecule has 3 aromatic rings. The molecule has 0 fully saturated rings. The van der Waals surface area contributed by atoms with E-state index in [0.717, 1.165) is 17.8 Å². The number of carbonyl (C=O) groups is 1. The van der Waals surface area contributed by atoms with Crippen molar-refractivity contribution in [1.82, 2.24) is 14.5 Å². The van der Waals surface area contributed by atoms with E-state index >= 15 is 0 Å². The van der Waals surface area contributed by atoms with Gasteiger partial charge in [-0.2, -0.15) is 0 Å². The Morgan fingerprint density at radius 2 is 1.96 bits per heavy atom. The van der Waals surface area contributed by atoms with Gasteiger partial charge in [0.15, 0.2) is 11.5 Å². The molecule has 0 bridgehead atoms. The molecular formula is C21H22N4O3. The maximum absolute atomic E-state index is 13.2. The molecule has 2 aromatic heterocycles. The third-order valence-electron chi connectivity index (χ3n) is 4.93. The van der Waals surface area contributed by atoms with Gasteiger partial charge in [-0.05, 0) is 35.9 Å². The molecular weight excluding hydrogens is 356 g/mol. The summed E-state index contributed by atoms with van der Waals surface area (Å²) in [4.78, 5) is 19.2. The molecule has 4 rings (SSSR count). The lowest BCUT2D eigenvalue weighted by molar-refractivity contribution is 0.181. The molecule has 0 saturated heterocycles. The van der Waals surface area contributed by atoms with Crippen LogP contribution in [0.4, 0.5) is 10.5 Å². The zero-order valence-corrected chi connectivity index (χ0v) is 15.8. The first-order chi connectivity index (χ1) is 13.7. The maximum Gasteiger partial charge on any atom is 0.322 e. The minimum Gasteiger partial charge on any atom is -0.493 e. The highest BCUT2D eigenvalue weighted by atomic mass is 16.5. The van der Waals surface area contributed by atoms with Gasteiger partial charge in [-0.3, -0.25) is 4.98 Å². The Morgan fingerprint density at radius 1 is 1.11 bits per heavy atom. The van der Waals surface area contributed by atoms with Crippen molar-refractivity contribution in [3.05, 3.63) is 72.3 Å². The SMILES string of the molecule is COc1ccc(NC(=O)N2CCn3cccc3C2c2cccnc2)cc1OC. The van der Waals surface area contributed by atoms with E-state index in [1.165, 1.54) is 0 Å². The van der Waals surface area contributed by atoms with Crippen molar-refractivity contribution in [3.8, 4) is 11.5 Å². The number of amides is 2. The zero-order valence-electron chi connectivity index (χ0n) is 15.8. The van der Waals surface area contributed by atoms with Crippen molar-refractivity contribution >= 4 is 11.7 Å². The van der Waals surface area contributed by atoms with Gasteiger partial charge in [0, 0.05) is 49.1 Å². The van der Waals surface area contributed by atoms with Crippen LogP contribution in [0.2, 0.25) is 0 Å². The second kappa shape index (κ2) is 7.64. The van der Waals surface area contributed by atoms with Gasteiger partial charge >= 0.3 is 6.03 Å². The smallest absolute Gasteiger partial charge is 0.322 e. The Labute approximate surface area is 163 Å². The standard InChI is InChI=1S/C21H22N4O3/c1-27-18-8-7-16(13-19(18)28-2)23-21(26)25-12-11-24-10-4-6-17(24)20(25)15-5-3-9-22-14-15/h3-10,13-14,20H,11-12H2,1-2H3,(H,23,26). The van der Waals surface area contributed by atoms with E-state index in [1.807, 2.05) is 41.6 Å². The monoisotopic (exact) mass is 378 g/mol. The predicted molar refractivity (Wildman–Crippen MR) is 106 cm³/mol. The van der Waals surface area contributed by atoms with E-state index < -0.39 is 0 Å². The number of nitrogens with zero attached hydrogens (tertiary/aromatic N) is 3. The summed E-state index contributed by atoms with van der Waals surface area (Å²) in [6.45, 7) is 1.35. The Balaban J connectivity index is 1.63. The fraction of sp³-hybridized carbons (Fsp3) is 0.238. The average Bonchev–Trinajstić information content (AvgIpc) is 3.22. The fourth-order valence-electron chi connectivity index (χ4n) is 3.60. The number of methoxy groups -OCH3 is 2. The van der Waals surface area contributed by atoms with Crippen molar-refractivity contribution in [2.24, 2.45) is 0 Å². The molecule has 7 heteroatoms. The summed E-state index contributed by atoms with van der Waals surface area (Å²) in [6.07, 6.45) is 5.59. The summed E-state index contributed by atoms with van der Waals surface area (Å²) in [7, 11) is 3.15. The summed E-state index contributed by atoms with van der Waals surface area (Å²) >= 11 is 0. The minimum atomic E-state index is -0.197. The molecule has 0 aliphatic carbocycles. The third kappa shape index (κ3) is 3.26. The quantitative estimate of drug-likeness (QED) is 0.754. The van der Waals surface area contributed by atoms with Gasteiger partial charge in [-0.15, -0.1) is 0 Å². The fourth-order valence-corrected chi connectivity index (χ4v) is 3.60. The summed E-state index contributed by atoms with van der Waals surface area (Å²) < 4.78 is 12.8. The van der Waals surface area contributed by atoms with E-state index in [0.29, 0.717) is 23.7 Å². The van der Waals surface area contributed by atoms with Gasteiger partial charge in [-0.1, -0.05) is 6.07 Å². The van der Waals surface area contributed by atoms with Crippen LogP contribution in [0.5, 0.6) is 11.5 Å².